The Morgan fingerprint density at radius 1 is 0.351 bits per heavy atom. The zero-order valence-electron chi connectivity index (χ0n) is 77.2. The van der Waals surface area contributed by atoms with Crippen LogP contribution < -0.4 is 10.4 Å². The van der Waals surface area contributed by atoms with Gasteiger partial charge >= 0.3 is 79.7 Å². The number of quaternary nitrogens is 2. The molecule has 7 unspecified atom stereocenters. The maximum atomic E-state index is 12.6. The molecule has 2 aromatic rings. The topological polar surface area (TPSA) is 196 Å². The molecule has 1 aliphatic rings. The van der Waals surface area contributed by atoms with Crippen LogP contribution in [0.25, 0.3) is 0 Å². The molecule has 0 aliphatic carbocycles. The van der Waals surface area contributed by atoms with E-state index in [1.807, 2.05) is 77.9 Å². The Morgan fingerprint density at radius 3 is 0.921 bits per heavy atom. The van der Waals surface area contributed by atoms with Crippen LogP contribution in [0.3, 0.4) is 0 Å². The molecular weight excluding hydrogens is 1630 g/mol. The molecule has 22 nitrogen and oxygen atoms in total. The Balaban J connectivity index is 1.87. The molecule has 0 saturated carbocycles. The van der Waals surface area contributed by atoms with Crippen molar-refractivity contribution in [1.82, 2.24) is 0 Å². The second-order valence-corrected chi connectivity index (χ2v) is 67.4. The van der Waals surface area contributed by atoms with Gasteiger partial charge in [0.05, 0.1) is 53.4 Å². The van der Waals surface area contributed by atoms with Crippen LogP contribution in [-0.4, -0.2) is 217 Å². The van der Waals surface area contributed by atoms with E-state index in [1.165, 1.54) is 201 Å². The SMILES string of the molecule is CCCCCCCCCCCCCCCCC(C)[N+](C)(C)CCC[Si](OCC)(O[Si](OCC)(OCC)O[Si](C)(OC)O[Si](C)(O)O[Si]1(C)O[Si](C)(O[Si](C)(OC)O[Si](OCC)(OCC)O[Si](CCC[N+](C)(C)C(C)CCCCCCCCCCCCCCCC)(OCC)O[Si](C)(C)c2ccccc2)O1)O[Si](C)(C)c1ccccc1. The summed E-state index contributed by atoms with van der Waals surface area (Å²) in [5.41, 5.74) is 0. The minimum absolute atomic E-state index is 0.143. The Hall–Kier alpha value is -0.0543. The summed E-state index contributed by atoms with van der Waals surface area (Å²) < 4.78 is 133. The van der Waals surface area contributed by atoms with Crippen LogP contribution in [0.5, 0.6) is 0 Å². The van der Waals surface area contributed by atoms with E-state index in [4.69, 9.17) is 80.7 Å². The summed E-state index contributed by atoms with van der Waals surface area (Å²) in [5, 5.41) is 2.17. The lowest BCUT2D eigenvalue weighted by Gasteiger charge is -2.51. The van der Waals surface area contributed by atoms with E-state index in [9.17, 15) is 4.80 Å². The second kappa shape index (κ2) is 54.6. The van der Waals surface area contributed by atoms with E-state index in [2.05, 4.69) is 106 Å². The average molecular weight is 1800 g/mol. The van der Waals surface area contributed by atoms with Crippen molar-refractivity contribution in [2.75, 3.05) is 95.1 Å². The van der Waals surface area contributed by atoms with Crippen LogP contribution in [0.2, 0.25) is 71.0 Å². The first kappa shape index (κ1) is 108. The summed E-state index contributed by atoms with van der Waals surface area (Å²) >= 11 is 0. The van der Waals surface area contributed by atoms with Crippen LogP contribution in [-0.2, 0) is 80.7 Å². The average Bonchev–Trinajstić information content (AvgIpc) is 0.740. The van der Waals surface area contributed by atoms with Crippen LogP contribution in [0.1, 0.15) is 275 Å². The monoisotopic (exact) mass is 1800 g/mol. The zero-order valence-corrected chi connectivity index (χ0v) is 88.2. The number of unbranched alkanes of at least 4 members (excludes halogenated alkanes) is 26. The molecule has 1 heterocycles. The van der Waals surface area contributed by atoms with Crippen LogP contribution in [0, 0.1) is 0 Å². The summed E-state index contributed by atoms with van der Waals surface area (Å²) in [6.07, 6.45) is 41.5. The summed E-state index contributed by atoms with van der Waals surface area (Å²) in [4.78, 5) is 12.6. The summed E-state index contributed by atoms with van der Waals surface area (Å²) in [5.74, 6) is 0. The molecule has 3 rings (SSSR count). The van der Waals surface area contributed by atoms with Gasteiger partial charge in [0, 0.05) is 112 Å². The highest BCUT2D eigenvalue weighted by atomic mass is 28.6. The number of rotatable bonds is 74. The van der Waals surface area contributed by atoms with Crippen molar-refractivity contribution in [3.05, 3.63) is 60.7 Å². The Morgan fingerprint density at radius 2 is 0.632 bits per heavy atom. The van der Waals surface area contributed by atoms with Crippen molar-refractivity contribution >= 4 is 107 Å². The summed E-state index contributed by atoms with van der Waals surface area (Å²) in [6, 6.07) is 22.5. The van der Waals surface area contributed by atoms with Crippen molar-refractivity contribution in [2.45, 2.75) is 358 Å². The molecule has 2 aromatic carbocycles. The van der Waals surface area contributed by atoms with Gasteiger partial charge in [-0.1, -0.05) is 241 Å². The lowest BCUT2D eigenvalue weighted by atomic mass is 10.0. The molecule has 0 amide bonds. The molecule has 0 radical (unpaired) electrons. The van der Waals surface area contributed by atoms with Gasteiger partial charge in [0.25, 0.3) is 0 Å². The van der Waals surface area contributed by atoms with E-state index in [0.717, 1.165) is 58.1 Å². The third-order valence-corrected chi connectivity index (χ3v) is 64.1. The fourth-order valence-electron chi connectivity index (χ4n) is 15.3. The fourth-order valence-corrected chi connectivity index (χ4v) is 60.4. The number of hydrogen-bond donors (Lipinski definition) is 1. The maximum Gasteiger partial charge on any atom is 0.664 e. The van der Waals surface area contributed by atoms with Crippen molar-refractivity contribution in [3.8, 4) is 0 Å². The second-order valence-electron chi connectivity index (χ2n) is 34.3. The van der Waals surface area contributed by atoms with Gasteiger partial charge in [-0.25, -0.2) is 0 Å². The maximum absolute atomic E-state index is 12.6. The lowest BCUT2D eigenvalue weighted by Crippen LogP contribution is -2.77. The molecule has 0 aromatic heterocycles. The van der Waals surface area contributed by atoms with Crippen molar-refractivity contribution < 1.29 is 94.4 Å². The summed E-state index contributed by atoms with van der Waals surface area (Å²) in [6.45, 7) is 40.7. The van der Waals surface area contributed by atoms with E-state index < -0.39 is 96.4 Å². The normalized spacial score (nSPS) is 19.4. The summed E-state index contributed by atoms with van der Waals surface area (Å²) in [7, 11) is -29.9. The minimum atomic E-state index is -4.44. The van der Waals surface area contributed by atoms with E-state index in [0.29, 0.717) is 37.4 Å². The van der Waals surface area contributed by atoms with Crippen LogP contribution >= 0.6 is 0 Å². The van der Waals surface area contributed by atoms with Gasteiger partial charge in [0.15, 0.2) is 0 Å². The van der Waals surface area contributed by atoms with Crippen molar-refractivity contribution in [1.29, 1.82) is 0 Å². The molecular formula is C81H172N2O20Si11+2. The molecule has 1 N–H and O–H groups in total. The largest absolute Gasteiger partial charge is 0.664 e. The van der Waals surface area contributed by atoms with Gasteiger partial charge in [0.1, 0.15) is 0 Å². The Kier molecular flexibility index (Phi) is 51.8. The van der Waals surface area contributed by atoms with Gasteiger partial charge in [-0.05, 0) is 118 Å². The van der Waals surface area contributed by atoms with Crippen molar-refractivity contribution in [2.24, 2.45) is 0 Å². The fraction of sp³-hybridized carbons (Fsp3) is 0.852. The van der Waals surface area contributed by atoms with Gasteiger partial charge in [-0.15, -0.1) is 0 Å². The molecule has 0 bridgehead atoms. The number of benzene rings is 2. The highest BCUT2D eigenvalue weighted by molar-refractivity contribution is 6.95. The van der Waals surface area contributed by atoms with Gasteiger partial charge in [-0.2, -0.15) is 0 Å². The number of hydrogen-bond acceptors (Lipinski definition) is 20. The van der Waals surface area contributed by atoms with Gasteiger partial charge in [-0.3, -0.25) is 0 Å². The van der Waals surface area contributed by atoms with Gasteiger partial charge < -0.3 is 94.4 Å². The Bertz CT molecular complexity index is 2780. The van der Waals surface area contributed by atoms with E-state index >= 15 is 0 Å². The first-order valence-corrected chi connectivity index (χ1v) is 69.1. The third kappa shape index (κ3) is 40.7. The molecule has 0 spiro atoms. The highest BCUT2D eigenvalue weighted by Gasteiger charge is 2.71. The van der Waals surface area contributed by atoms with E-state index in [1.54, 1.807) is 26.2 Å². The quantitative estimate of drug-likeness (QED) is 0.0373. The lowest BCUT2D eigenvalue weighted by molar-refractivity contribution is -0.913. The van der Waals surface area contributed by atoms with E-state index in [-0.39, 0.29) is 26.4 Å². The number of nitrogens with zero attached hydrogens (tertiary/aromatic N) is 2. The first-order valence-electron chi connectivity index (χ1n) is 45.0. The molecule has 1 saturated heterocycles. The van der Waals surface area contributed by atoms with Crippen molar-refractivity contribution in [3.63, 3.8) is 0 Å². The predicted molar refractivity (Wildman–Crippen MR) is 488 cm³/mol. The van der Waals surface area contributed by atoms with Gasteiger partial charge in [0.2, 0.25) is 16.6 Å². The Labute approximate surface area is 710 Å². The first-order chi connectivity index (χ1) is 53.9. The molecule has 1 fully saturated rings. The molecule has 1 aliphatic heterocycles. The molecule has 7 atom stereocenters. The molecule has 33 heteroatoms. The standard InChI is InChI=1S/C81H172N2O20Si11/c1-26-34-36-38-40-42-44-46-48-50-52-54-56-60-68-78(9)82(11,12)74-66-76-111(87-28-3,93-104(17,18)80-70-62-58-63-71-80)102-113(89-30-5,90-31-6)100-107(22,85-15)95-106(21,84)96-109(24)98-110(25,99-109)97-108(23,86-16)101-114(91-32-7,92-33-8)103-112(88-29-4,94-105(19,20)81-72-64-59-65-73-81)77-67-75-83(13,14)79(10)69-61-57-55-53-51-49-47-45-43-41-39-37-35-27-2/h58-59,62-65,70-73,78-79,84H,26-57,60-61,66-69,74-77H2,1-25H3/q+2. The zero-order chi connectivity index (χ0) is 85.0. The minimum Gasteiger partial charge on any atom is -0.412 e. The smallest absolute Gasteiger partial charge is 0.412 e. The van der Waals surface area contributed by atoms with Crippen LogP contribution in [0.4, 0.5) is 0 Å². The highest BCUT2D eigenvalue weighted by Crippen LogP contribution is 2.41. The predicted octanol–water partition coefficient (Wildman–Crippen LogP) is 20.0. The molecule has 114 heavy (non-hydrogen) atoms. The van der Waals surface area contributed by atoms with Crippen LogP contribution in [0.15, 0.2) is 60.7 Å². The third-order valence-electron chi connectivity index (χ3n) is 22.3. The molecule has 668 valence electrons.